The highest BCUT2D eigenvalue weighted by molar-refractivity contribution is 5.76. The Balaban J connectivity index is 0.000000194. The zero-order valence-electron chi connectivity index (χ0n) is 12.3. The third-order valence-electron chi connectivity index (χ3n) is 3.36. The van der Waals surface area contributed by atoms with Crippen LogP contribution in [0.2, 0.25) is 0 Å². The van der Waals surface area contributed by atoms with Crippen LogP contribution in [0.5, 0.6) is 0 Å². The molecule has 0 saturated carbocycles. The molecule has 1 aromatic heterocycles. The van der Waals surface area contributed by atoms with Crippen molar-refractivity contribution in [3.63, 3.8) is 0 Å². The Morgan fingerprint density at radius 3 is 2.67 bits per heavy atom. The lowest BCUT2D eigenvalue weighted by atomic mass is 10.1. The fraction of sp³-hybridized carbons (Fsp3) is 0.375. The van der Waals surface area contributed by atoms with Gasteiger partial charge in [0.1, 0.15) is 12.3 Å². The van der Waals surface area contributed by atoms with E-state index >= 15 is 0 Å². The Morgan fingerprint density at radius 1 is 1.38 bits per heavy atom. The number of oxazole rings is 1. The summed E-state index contributed by atoms with van der Waals surface area (Å²) in [4.78, 5) is 15.3. The maximum atomic E-state index is 11.2. The lowest BCUT2D eigenvalue weighted by Crippen LogP contribution is -2.31. The number of carbonyl (C=O) groups is 1. The van der Waals surface area contributed by atoms with Gasteiger partial charge in [0.25, 0.3) is 0 Å². The van der Waals surface area contributed by atoms with Crippen LogP contribution in [0.4, 0.5) is 0 Å². The molecule has 0 aliphatic carbocycles. The molecule has 1 fully saturated rings. The van der Waals surface area contributed by atoms with Crippen molar-refractivity contribution in [1.82, 2.24) is 10.3 Å². The second kappa shape index (κ2) is 7.59. The summed E-state index contributed by atoms with van der Waals surface area (Å²) in [5, 5.41) is 3.07. The fourth-order valence-corrected chi connectivity index (χ4v) is 2.22. The molecule has 21 heavy (non-hydrogen) atoms. The number of aryl methyl sites for hydroxylation is 1. The first kappa shape index (κ1) is 15.3. The number of carbonyl (C=O) groups excluding carboxylic acids is 1. The number of rotatable bonds is 2. The van der Waals surface area contributed by atoms with Crippen LogP contribution in [0.1, 0.15) is 23.8 Å². The molecule has 0 bridgehead atoms. The van der Waals surface area contributed by atoms with E-state index in [-0.39, 0.29) is 17.9 Å². The molecule has 1 N–H and O–H groups in total. The highest BCUT2D eigenvalue weighted by Gasteiger charge is 2.32. The first-order valence-electron chi connectivity index (χ1n) is 6.93. The predicted octanol–water partition coefficient (Wildman–Crippen LogP) is 2.29. The number of aromatic nitrogens is 1. The molecular weight excluding hydrogens is 268 g/mol. The summed E-state index contributed by atoms with van der Waals surface area (Å²) in [5.41, 5.74) is 1.32. The maximum absolute atomic E-state index is 11.2. The van der Waals surface area contributed by atoms with E-state index in [2.05, 4.69) is 34.1 Å². The number of hydrogen-bond donors (Lipinski definition) is 1. The molecule has 1 aromatic carbocycles. The zero-order chi connectivity index (χ0) is 15.1. The lowest BCUT2D eigenvalue weighted by molar-refractivity contribution is -0.142. The Labute approximate surface area is 124 Å². The van der Waals surface area contributed by atoms with Crippen LogP contribution in [0.25, 0.3) is 0 Å². The van der Waals surface area contributed by atoms with Gasteiger partial charge in [0, 0.05) is 6.54 Å². The molecule has 2 atom stereocenters. The molecule has 112 valence electrons. The van der Waals surface area contributed by atoms with Gasteiger partial charge in [-0.15, -0.1) is 0 Å². The standard InChI is InChI=1S/C9H12N2O3.C7H8/c1-13-9(12)7-4-6(5-11-7)8-10-2-3-14-8;1-7-5-3-2-4-6-7/h2-3,6-7,11H,4-5H2,1H3;2-6H,1H3. The van der Waals surface area contributed by atoms with Gasteiger partial charge in [-0.1, -0.05) is 35.9 Å². The fourth-order valence-electron chi connectivity index (χ4n) is 2.22. The lowest BCUT2D eigenvalue weighted by Gasteiger charge is -2.05. The number of nitrogens with one attached hydrogen (secondary N) is 1. The average molecular weight is 288 g/mol. The van der Waals surface area contributed by atoms with Gasteiger partial charge in [0.05, 0.1) is 19.2 Å². The first-order valence-corrected chi connectivity index (χ1v) is 6.93. The maximum Gasteiger partial charge on any atom is 0.322 e. The van der Waals surface area contributed by atoms with Gasteiger partial charge in [-0.05, 0) is 13.3 Å². The molecule has 3 rings (SSSR count). The van der Waals surface area contributed by atoms with Gasteiger partial charge in [-0.2, -0.15) is 0 Å². The van der Waals surface area contributed by atoms with Gasteiger partial charge >= 0.3 is 5.97 Å². The summed E-state index contributed by atoms with van der Waals surface area (Å²) in [5.74, 6) is 0.636. The van der Waals surface area contributed by atoms with E-state index in [1.807, 2.05) is 18.2 Å². The first-order chi connectivity index (χ1) is 10.2. The molecule has 1 aliphatic rings. The molecule has 1 saturated heterocycles. The second-order valence-electron chi connectivity index (χ2n) is 4.94. The highest BCUT2D eigenvalue weighted by Crippen LogP contribution is 2.24. The summed E-state index contributed by atoms with van der Waals surface area (Å²) in [6.45, 7) is 2.79. The Bertz CT molecular complexity index is 540. The van der Waals surface area contributed by atoms with Crippen LogP contribution >= 0.6 is 0 Å². The third kappa shape index (κ3) is 4.43. The van der Waals surface area contributed by atoms with Crippen molar-refractivity contribution < 1.29 is 13.9 Å². The third-order valence-corrected chi connectivity index (χ3v) is 3.36. The van der Waals surface area contributed by atoms with Crippen molar-refractivity contribution in [3.05, 3.63) is 54.2 Å². The quantitative estimate of drug-likeness (QED) is 0.859. The smallest absolute Gasteiger partial charge is 0.322 e. The SMILES string of the molecule is COC(=O)C1CC(c2ncco2)CN1.Cc1ccccc1. The van der Waals surface area contributed by atoms with Gasteiger partial charge in [-0.3, -0.25) is 4.79 Å². The van der Waals surface area contributed by atoms with Crippen LogP contribution in [0, 0.1) is 6.92 Å². The van der Waals surface area contributed by atoms with Crippen molar-refractivity contribution >= 4 is 5.97 Å². The molecule has 5 nitrogen and oxygen atoms in total. The van der Waals surface area contributed by atoms with Gasteiger partial charge < -0.3 is 14.5 Å². The second-order valence-corrected chi connectivity index (χ2v) is 4.94. The zero-order valence-corrected chi connectivity index (χ0v) is 12.3. The van der Waals surface area contributed by atoms with Crippen molar-refractivity contribution in [2.24, 2.45) is 0 Å². The van der Waals surface area contributed by atoms with Crippen LogP contribution in [-0.2, 0) is 9.53 Å². The van der Waals surface area contributed by atoms with Crippen molar-refractivity contribution in [2.45, 2.75) is 25.3 Å². The number of benzene rings is 1. The Kier molecular flexibility index (Phi) is 5.51. The topological polar surface area (TPSA) is 64.4 Å². The van der Waals surface area contributed by atoms with Gasteiger partial charge in [-0.25, -0.2) is 4.98 Å². The van der Waals surface area contributed by atoms with Crippen LogP contribution in [0.15, 0.2) is 47.2 Å². The van der Waals surface area contributed by atoms with Gasteiger partial charge in [0.2, 0.25) is 0 Å². The summed E-state index contributed by atoms with van der Waals surface area (Å²) in [7, 11) is 1.39. The molecule has 0 radical (unpaired) electrons. The summed E-state index contributed by atoms with van der Waals surface area (Å²) in [6, 6.07) is 10.0. The monoisotopic (exact) mass is 288 g/mol. The number of hydrogen-bond acceptors (Lipinski definition) is 5. The molecule has 1 aliphatic heterocycles. The van der Waals surface area contributed by atoms with Crippen LogP contribution in [-0.4, -0.2) is 30.6 Å². The molecule has 2 unspecified atom stereocenters. The molecule has 0 spiro atoms. The summed E-state index contributed by atoms with van der Waals surface area (Å²) < 4.78 is 9.82. The number of ether oxygens (including phenoxy) is 1. The summed E-state index contributed by atoms with van der Waals surface area (Å²) >= 11 is 0. The molecule has 0 amide bonds. The van der Waals surface area contributed by atoms with Crippen LogP contribution in [0.3, 0.4) is 0 Å². The number of esters is 1. The average Bonchev–Trinajstić information content (AvgIpc) is 3.18. The van der Waals surface area contributed by atoms with Gasteiger partial charge in [0.15, 0.2) is 5.89 Å². The number of nitrogens with zero attached hydrogens (tertiary/aromatic N) is 1. The van der Waals surface area contributed by atoms with E-state index in [1.165, 1.54) is 12.7 Å². The number of methoxy groups -OCH3 is 1. The minimum atomic E-state index is -0.225. The molecule has 2 heterocycles. The Morgan fingerprint density at radius 2 is 2.14 bits per heavy atom. The van der Waals surface area contributed by atoms with E-state index in [1.54, 1.807) is 12.5 Å². The Hall–Kier alpha value is -2.14. The highest BCUT2D eigenvalue weighted by atomic mass is 16.5. The predicted molar refractivity (Wildman–Crippen MR) is 78.8 cm³/mol. The van der Waals surface area contributed by atoms with Crippen LogP contribution < -0.4 is 5.32 Å². The van der Waals surface area contributed by atoms with E-state index in [0.29, 0.717) is 18.9 Å². The minimum Gasteiger partial charge on any atom is -0.468 e. The molecule has 5 heteroatoms. The van der Waals surface area contributed by atoms with Crippen molar-refractivity contribution in [3.8, 4) is 0 Å². The van der Waals surface area contributed by atoms with Crippen molar-refractivity contribution in [1.29, 1.82) is 0 Å². The summed E-state index contributed by atoms with van der Waals surface area (Å²) in [6.07, 6.45) is 3.84. The largest absolute Gasteiger partial charge is 0.468 e. The molecular formula is C16H20N2O3. The van der Waals surface area contributed by atoms with E-state index in [4.69, 9.17) is 4.42 Å². The van der Waals surface area contributed by atoms with Crippen molar-refractivity contribution in [2.75, 3.05) is 13.7 Å². The van der Waals surface area contributed by atoms with E-state index in [9.17, 15) is 4.79 Å². The normalized spacial score (nSPS) is 20.5. The van der Waals surface area contributed by atoms with E-state index < -0.39 is 0 Å². The van der Waals surface area contributed by atoms with E-state index in [0.717, 1.165) is 0 Å². The molecule has 2 aromatic rings. The minimum absolute atomic E-state index is 0.175.